The van der Waals surface area contributed by atoms with Crippen molar-refractivity contribution in [3.05, 3.63) is 45.1 Å². The molecule has 3 unspecified atom stereocenters. The Hall–Kier alpha value is -2.41. The van der Waals surface area contributed by atoms with Gasteiger partial charge in [0, 0.05) is 24.2 Å². The molecule has 3 fully saturated rings. The van der Waals surface area contributed by atoms with E-state index in [0.29, 0.717) is 40.9 Å². The van der Waals surface area contributed by atoms with E-state index >= 15 is 0 Å². The number of carboxylic acids is 1. The topological polar surface area (TPSA) is 84.5 Å². The van der Waals surface area contributed by atoms with Gasteiger partial charge in [0.2, 0.25) is 0 Å². The minimum Gasteiger partial charge on any atom is -0.480 e. The Morgan fingerprint density at radius 2 is 1.42 bits per heavy atom. The molecule has 36 heavy (non-hydrogen) atoms. The van der Waals surface area contributed by atoms with Gasteiger partial charge in [-0.3, -0.25) is 23.6 Å². The first-order valence-corrected chi connectivity index (χ1v) is 14.0. The molecule has 1 aromatic carbocycles. The Morgan fingerprint density at radius 1 is 0.833 bits per heavy atom. The Kier molecular flexibility index (Phi) is 7.12. The number of para-hydroxylation sites is 1. The minimum absolute atomic E-state index is 0.190. The highest BCUT2D eigenvalue weighted by molar-refractivity contribution is 5.79. The van der Waals surface area contributed by atoms with Gasteiger partial charge in [-0.15, -0.1) is 0 Å². The molecule has 3 heterocycles. The third-order valence-corrected chi connectivity index (χ3v) is 9.13. The van der Waals surface area contributed by atoms with Crippen molar-refractivity contribution in [2.24, 2.45) is 17.8 Å². The van der Waals surface area contributed by atoms with Crippen LogP contribution in [0.1, 0.15) is 84.6 Å². The van der Waals surface area contributed by atoms with Gasteiger partial charge in [-0.25, -0.2) is 4.79 Å². The first-order valence-electron chi connectivity index (χ1n) is 14.0. The maximum atomic E-state index is 13.6. The van der Waals surface area contributed by atoms with Crippen LogP contribution in [0.15, 0.2) is 33.9 Å². The summed E-state index contributed by atoms with van der Waals surface area (Å²) in [4.78, 5) is 41.6. The highest BCUT2D eigenvalue weighted by Crippen LogP contribution is 2.43. The number of aromatic nitrogens is 2. The van der Waals surface area contributed by atoms with Gasteiger partial charge in [-0.1, -0.05) is 39.3 Å². The molecule has 0 radical (unpaired) electrons. The molecule has 2 saturated heterocycles. The molecule has 5 rings (SSSR count). The molecule has 0 amide bonds. The third-order valence-electron chi connectivity index (χ3n) is 9.13. The van der Waals surface area contributed by atoms with Crippen LogP contribution in [0.2, 0.25) is 0 Å². The normalized spacial score (nSPS) is 33.7. The van der Waals surface area contributed by atoms with E-state index in [4.69, 9.17) is 0 Å². The Bertz CT molecular complexity index is 1210. The van der Waals surface area contributed by atoms with Crippen LogP contribution in [-0.4, -0.2) is 43.2 Å². The van der Waals surface area contributed by atoms with Crippen molar-refractivity contribution in [3.63, 3.8) is 0 Å². The lowest BCUT2D eigenvalue weighted by Crippen LogP contribution is -2.59. The van der Waals surface area contributed by atoms with Crippen LogP contribution in [0.5, 0.6) is 0 Å². The third kappa shape index (κ3) is 4.79. The van der Waals surface area contributed by atoms with Crippen molar-refractivity contribution >= 4 is 16.9 Å². The largest absolute Gasteiger partial charge is 0.480 e. The zero-order valence-electron chi connectivity index (χ0n) is 21.9. The van der Waals surface area contributed by atoms with Crippen molar-refractivity contribution < 1.29 is 9.90 Å². The number of nitrogens with zero attached hydrogens (tertiary/aromatic N) is 3. The number of fused-ring (bicyclic) bond motifs is 3. The van der Waals surface area contributed by atoms with Crippen LogP contribution in [0, 0.1) is 17.8 Å². The molecule has 2 aliphatic heterocycles. The summed E-state index contributed by atoms with van der Waals surface area (Å²) in [6.07, 6.45) is 10.0. The van der Waals surface area contributed by atoms with Crippen LogP contribution in [0.25, 0.3) is 10.9 Å². The van der Waals surface area contributed by atoms with Crippen molar-refractivity contribution in [2.45, 2.75) is 109 Å². The Morgan fingerprint density at radius 3 is 2.03 bits per heavy atom. The summed E-state index contributed by atoms with van der Waals surface area (Å²) in [6, 6.07) is 8.01. The number of carbonyl (C=O) groups is 1. The molecular formula is C29H41N3O4. The standard InChI is InChI=1S/C29H41N3O4/c1-18-11-19(2)13-23(14-20(3)12-18)31-21-7-6-8-22(31)16-24(15-21)32-28(35)25-9-4-5-10-26(25)30(29(32)36)17-27(33)34/h4-5,9-10,18-24H,6-8,11-17H2,1-3H3,(H,33,34)/t18?,19-,20+,21-,22+,23?,24?. The lowest BCUT2D eigenvalue weighted by Gasteiger charge is -2.53. The quantitative estimate of drug-likeness (QED) is 0.667. The molecule has 1 aromatic heterocycles. The van der Waals surface area contributed by atoms with E-state index < -0.39 is 18.2 Å². The van der Waals surface area contributed by atoms with Gasteiger partial charge in [0.15, 0.2) is 0 Å². The molecule has 7 atom stereocenters. The number of aliphatic carboxylic acids is 1. The fourth-order valence-corrected chi connectivity index (χ4v) is 8.08. The van der Waals surface area contributed by atoms with Gasteiger partial charge >= 0.3 is 11.7 Å². The van der Waals surface area contributed by atoms with Crippen LogP contribution in [0.4, 0.5) is 0 Å². The van der Waals surface area contributed by atoms with Crippen molar-refractivity contribution in [3.8, 4) is 0 Å². The second-order valence-electron chi connectivity index (χ2n) is 12.2. The second kappa shape index (κ2) is 10.2. The van der Waals surface area contributed by atoms with Crippen molar-refractivity contribution in [2.75, 3.05) is 0 Å². The van der Waals surface area contributed by atoms with Gasteiger partial charge in [-0.05, 0) is 81.3 Å². The maximum absolute atomic E-state index is 13.6. The molecule has 1 aliphatic carbocycles. The summed E-state index contributed by atoms with van der Waals surface area (Å²) in [7, 11) is 0. The van der Waals surface area contributed by atoms with E-state index in [-0.39, 0.29) is 11.6 Å². The van der Waals surface area contributed by atoms with Crippen molar-refractivity contribution in [1.82, 2.24) is 14.0 Å². The second-order valence-corrected chi connectivity index (χ2v) is 12.2. The molecule has 3 aliphatic rings. The summed E-state index contributed by atoms with van der Waals surface area (Å²) >= 11 is 0. The molecule has 196 valence electrons. The number of hydrogen-bond acceptors (Lipinski definition) is 4. The highest BCUT2D eigenvalue weighted by Gasteiger charge is 2.44. The summed E-state index contributed by atoms with van der Waals surface area (Å²) in [5.41, 5.74) is -0.369. The molecular weight excluding hydrogens is 454 g/mol. The Labute approximate surface area is 213 Å². The first-order chi connectivity index (χ1) is 17.2. The summed E-state index contributed by atoms with van der Waals surface area (Å²) in [6.45, 7) is 6.76. The summed E-state index contributed by atoms with van der Waals surface area (Å²) < 4.78 is 2.67. The lowest BCUT2D eigenvalue weighted by atomic mass is 9.75. The molecule has 2 aromatic rings. The zero-order valence-corrected chi connectivity index (χ0v) is 21.9. The Balaban J connectivity index is 1.49. The number of benzene rings is 1. The average molecular weight is 496 g/mol. The van der Waals surface area contributed by atoms with Crippen molar-refractivity contribution in [1.29, 1.82) is 0 Å². The van der Waals surface area contributed by atoms with Crippen LogP contribution >= 0.6 is 0 Å². The van der Waals surface area contributed by atoms with Gasteiger partial charge in [0.1, 0.15) is 6.54 Å². The summed E-state index contributed by atoms with van der Waals surface area (Å²) in [5, 5.41) is 9.90. The molecule has 7 heteroatoms. The fourth-order valence-electron chi connectivity index (χ4n) is 8.08. The molecule has 2 bridgehead atoms. The first kappa shape index (κ1) is 25.2. The van der Waals surface area contributed by atoms with E-state index in [2.05, 4.69) is 25.7 Å². The number of rotatable bonds is 4. The smallest absolute Gasteiger partial charge is 0.332 e. The van der Waals surface area contributed by atoms with E-state index in [1.165, 1.54) is 41.2 Å². The van der Waals surface area contributed by atoms with Crippen LogP contribution < -0.4 is 11.2 Å². The molecule has 1 N–H and O–H groups in total. The predicted octanol–water partition coefficient (Wildman–Crippen LogP) is 4.66. The van der Waals surface area contributed by atoms with E-state index in [9.17, 15) is 19.5 Å². The van der Waals surface area contributed by atoms with Gasteiger partial charge < -0.3 is 5.11 Å². The monoisotopic (exact) mass is 495 g/mol. The molecule has 1 saturated carbocycles. The fraction of sp³-hybridized carbons (Fsp3) is 0.690. The SMILES string of the molecule is CC1C[C@@H](C)CC(N2[C@@H]3CCC[C@H]2CC(n2c(=O)c4ccccc4n(CC(=O)O)c2=O)C3)C[C@@H](C)C1. The highest BCUT2D eigenvalue weighted by atomic mass is 16.4. The van der Waals surface area contributed by atoms with E-state index in [0.717, 1.165) is 31.6 Å². The molecule has 0 spiro atoms. The molecule has 7 nitrogen and oxygen atoms in total. The van der Waals surface area contributed by atoms with Gasteiger partial charge in [-0.2, -0.15) is 0 Å². The van der Waals surface area contributed by atoms with Crippen LogP contribution in [-0.2, 0) is 11.3 Å². The minimum atomic E-state index is -1.08. The number of piperidine rings is 2. The van der Waals surface area contributed by atoms with Gasteiger partial charge in [0.05, 0.1) is 10.9 Å². The maximum Gasteiger partial charge on any atom is 0.332 e. The number of carboxylic acid groups (broad SMARTS) is 1. The van der Waals surface area contributed by atoms with Gasteiger partial charge in [0.25, 0.3) is 5.56 Å². The lowest BCUT2D eigenvalue weighted by molar-refractivity contribution is -0.137. The summed E-state index contributed by atoms with van der Waals surface area (Å²) in [5.74, 6) is 1.12. The van der Waals surface area contributed by atoms with E-state index in [1.807, 2.05) is 0 Å². The van der Waals surface area contributed by atoms with Crippen LogP contribution in [0.3, 0.4) is 0 Å². The zero-order chi connectivity index (χ0) is 25.6. The predicted molar refractivity (Wildman–Crippen MR) is 141 cm³/mol. The van der Waals surface area contributed by atoms with E-state index in [1.54, 1.807) is 24.3 Å². The number of hydrogen-bond donors (Lipinski definition) is 1. The average Bonchev–Trinajstić information content (AvgIpc) is 2.79.